The van der Waals surface area contributed by atoms with Crippen LogP contribution < -0.4 is 5.32 Å². The monoisotopic (exact) mass is 383 g/mol. The lowest BCUT2D eigenvalue weighted by Crippen LogP contribution is -2.48. The number of piperazine rings is 1. The lowest BCUT2D eigenvalue weighted by Gasteiger charge is -2.34. The predicted molar refractivity (Wildman–Crippen MR) is 101 cm³/mol. The second-order valence-corrected chi connectivity index (χ2v) is 7.62. The third kappa shape index (κ3) is 4.71. The minimum absolute atomic E-state index is 0.0864. The van der Waals surface area contributed by atoms with E-state index in [1.54, 1.807) is 29.5 Å². The Kier molecular flexibility index (Phi) is 6.14. The van der Waals surface area contributed by atoms with Crippen LogP contribution in [0.5, 0.6) is 0 Å². The summed E-state index contributed by atoms with van der Waals surface area (Å²) in [4.78, 5) is 18.2. The number of carbonyl (C=O) groups excluding carboxylic acids is 1. The summed E-state index contributed by atoms with van der Waals surface area (Å²) in [5.74, 6) is -0.0864. The van der Waals surface area contributed by atoms with Gasteiger partial charge in [0.2, 0.25) is 5.91 Å². The number of carbonyl (C=O) groups is 1. The van der Waals surface area contributed by atoms with E-state index in [1.165, 1.54) is 4.88 Å². The normalized spacial score (nSPS) is 16.2. The Balaban J connectivity index is 1.46. The molecule has 0 unspecified atom stereocenters. The van der Waals surface area contributed by atoms with Gasteiger partial charge in [-0.1, -0.05) is 35.3 Å². The molecular formula is C17H19Cl2N3OS. The summed E-state index contributed by atoms with van der Waals surface area (Å²) in [5.41, 5.74) is 0.488. The second-order valence-electron chi connectivity index (χ2n) is 5.78. The molecule has 1 aliphatic rings. The van der Waals surface area contributed by atoms with Gasteiger partial charge in [-0.05, 0) is 23.6 Å². The minimum atomic E-state index is -0.0864. The molecule has 1 aliphatic heterocycles. The van der Waals surface area contributed by atoms with E-state index in [2.05, 4.69) is 32.6 Å². The fraction of sp³-hybridized carbons (Fsp3) is 0.353. The van der Waals surface area contributed by atoms with Crippen molar-refractivity contribution in [3.8, 4) is 0 Å². The lowest BCUT2D eigenvalue weighted by atomic mass is 10.3. The molecule has 2 aromatic rings. The van der Waals surface area contributed by atoms with E-state index in [9.17, 15) is 4.79 Å². The maximum absolute atomic E-state index is 12.2. The molecule has 0 aliphatic carbocycles. The first-order valence-corrected chi connectivity index (χ1v) is 9.46. The highest BCUT2D eigenvalue weighted by atomic mass is 35.5. The van der Waals surface area contributed by atoms with E-state index in [1.807, 2.05) is 0 Å². The molecule has 0 atom stereocenters. The van der Waals surface area contributed by atoms with Gasteiger partial charge >= 0.3 is 0 Å². The van der Waals surface area contributed by atoms with Gasteiger partial charge in [0.1, 0.15) is 0 Å². The SMILES string of the molecule is O=C(CN1CCN(Cc2cccs2)CC1)Nc1c(Cl)cccc1Cl. The maximum atomic E-state index is 12.2. The average molecular weight is 384 g/mol. The number of anilines is 1. The van der Waals surface area contributed by atoms with Crippen molar-refractivity contribution in [2.45, 2.75) is 6.54 Å². The van der Waals surface area contributed by atoms with Gasteiger partial charge in [0.15, 0.2) is 0 Å². The van der Waals surface area contributed by atoms with E-state index in [0.717, 1.165) is 32.7 Å². The topological polar surface area (TPSA) is 35.6 Å². The molecule has 1 aromatic heterocycles. The van der Waals surface area contributed by atoms with Crippen LogP contribution in [-0.2, 0) is 11.3 Å². The smallest absolute Gasteiger partial charge is 0.238 e. The predicted octanol–water partition coefficient (Wildman–Crippen LogP) is 3.81. The standard InChI is InChI=1S/C17H19Cl2N3OS/c18-14-4-1-5-15(19)17(14)20-16(23)12-22-8-6-21(7-9-22)11-13-3-2-10-24-13/h1-5,10H,6-9,11-12H2,(H,20,23). The molecular weight excluding hydrogens is 365 g/mol. The van der Waals surface area contributed by atoms with Gasteiger partial charge in [0.05, 0.1) is 22.3 Å². The fourth-order valence-electron chi connectivity index (χ4n) is 2.73. The number of hydrogen-bond acceptors (Lipinski definition) is 4. The molecule has 0 saturated carbocycles. The Morgan fingerprint density at radius 1 is 1.04 bits per heavy atom. The van der Waals surface area contributed by atoms with Crippen molar-refractivity contribution in [2.24, 2.45) is 0 Å². The molecule has 7 heteroatoms. The minimum Gasteiger partial charge on any atom is -0.322 e. The molecule has 3 rings (SSSR count). The van der Waals surface area contributed by atoms with Gasteiger partial charge in [-0.3, -0.25) is 14.6 Å². The number of halogens is 2. The van der Waals surface area contributed by atoms with Crippen LogP contribution in [0.4, 0.5) is 5.69 Å². The van der Waals surface area contributed by atoms with Crippen molar-refractivity contribution in [3.05, 3.63) is 50.6 Å². The molecule has 1 saturated heterocycles. The second kappa shape index (κ2) is 8.32. The number of amides is 1. The summed E-state index contributed by atoms with van der Waals surface area (Å²) in [6.45, 7) is 5.06. The number of rotatable bonds is 5. The van der Waals surface area contributed by atoms with Crippen LogP contribution in [0.25, 0.3) is 0 Å². The largest absolute Gasteiger partial charge is 0.322 e. The fourth-order valence-corrected chi connectivity index (χ4v) is 3.97. The summed E-state index contributed by atoms with van der Waals surface area (Å²) in [5, 5.41) is 5.83. The molecule has 0 radical (unpaired) electrons. The zero-order valence-electron chi connectivity index (χ0n) is 13.2. The molecule has 1 N–H and O–H groups in total. The molecule has 0 spiro atoms. The molecule has 1 fully saturated rings. The highest BCUT2D eigenvalue weighted by molar-refractivity contribution is 7.09. The highest BCUT2D eigenvalue weighted by Crippen LogP contribution is 2.29. The van der Waals surface area contributed by atoms with Crippen molar-refractivity contribution < 1.29 is 4.79 Å². The van der Waals surface area contributed by atoms with E-state index < -0.39 is 0 Å². The Morgan fingerprint density at radius 3 is 2.33 bits per heavy atom. The van der Waals surface area contributed by atoms with Crippen molar-refractivity contribution >= 4 is 46.1 Å². The number of nitrogens with one attached hydrogen (secondary N) is 1. The summed E-state index contributed by atoms with van der Waals surface area (Å²) in [7, 11) is 0. The summed E-state index contributed by atoms with van der Waals surface area (Å²) < 4.78 is 0. The maximum Gasteiger partial charge on any atom is 0.238 e. The Bertz CT molecular complexity index is 665. The van der Waals surface area contributed by atoms with Gasteiger partial charge in [0.25, 0.3) is 0 Å². The van der Waals surface area contributed by atoms with E-state index in [-0.39, 0.29) is 5.91 Å². The third-order valence-electron chi connectivity index (χ3n) is 4.02. The van der Waals surface area contributed by atoms with Crippen LogP contribution in [0.2, 0.25) is 10.0 Å². The third-order valence-corrected chi connectivity index (χ3v) is 5.51. The van der Waals surface area contributed by atoms with Crippen LogP contribution in [0.1, 0.15) is 4.88 Å². The van der Waals surface area contributed by atoms with Gasteiger partial charge in [0, 0.05) is 37.6 Å². The van der Waals surface area contributed by atoms with Crippen LogP contribution in [0.3, 0.4) is 0 Å². The van der Waals surface area contributed by atoms with Crippen molar-refractivity contribution in [1.29, 1.82) is 0 Å². The first-order chi connectivity index (χ1) is 11.6. The molecule has 128 valence electrons. The van der Waals surface area contributed by atoms with Gasteiger partial charge < -0.3 is 5.32 Å². The number of thiophene rings is 1. The molecule has 1 amide bonds. The Labute approximate surface area is 156 Å². The number of hydrogen-bond donors (Lipinski definition) is 1. The van der Waals surface area contributed by atoms with E-state index >= 15 is 0 Å². The van der Waals surface area contributed by atoms with E-state index in [0.29, 0.717) is 22.3 Å². The number of benzene rings is 1. The van der Waals surface area contributed by atoms with E-state index in [4.69, 9.17) is 23.2 Å². The van der Waals surface area contributed by atoms with Crippen LogP contribution in [0, 0.1) is 0 Å². The van der Waals surface area contributed by atoms with Crippen molar-refractivity contribution in [1.82, 2.24) is 9.80 Å². The van der Waals surface area contributed by atoms with Crippen LogP contribution in [0.15, 0.2) is 35.7 Å². The lowest BCUT2D eigenvalue weighted by molar-refractivity contribution is -0.117. The summed E-state index contributed by atoms with van der Waals surface area (Å²) in [6.07, 6.45) is 0. The zero-order valence-corrected chi connectivity index (χ0v) is 15.5. The van der Waals surface area contributed by atoms with Gasteiger partial charge in [-0.25, -0.2) is 0 Å². The molecule has 2 heterocycles. The zero-order chi connectivity index (χ0) is 16.9. The summed E-state index contributed by atoms with van der Waals surface area (Å²) in [6, 6.07) is 9.43. The Hall–Kier alpha value is -1.11. The number of nitrogens with zero attached hydrogens (tertiary/aromatic N) is 2. The molecule has 24 heavy (non-hydrogen) atoms. The average Bonchev–Trinajstić information content (AvgIpc) is 3.06. The van der Waals surface area contributed by atoms with Crippen molar-refractivity contribution in [3.63, 3.8) is 0 Å². The van der Waals surface area contributed by atoms with Crippen molar-refractivity contribution in [2.75, 3.05) is 38.0 Å². The van der Waals surface area contributed by atoms with Gasteiger partial charge in [-0.2, -0.15) is 0 Å². The highest BCUT2D eigenvalue weighted by Gasteiger charge is 2.20. The van der Waals surface area contributed by atoms with Crippen LogP contribution >= 0.6 is 34.5 Å². The summed E-state index contributed by atoms with van der Waals surface area (Å²) >= 11 is 14.0. The van der Waals surface area contributed by atoms with Crippen LogP contribution in [-0.4, -0.2) is 48.4 Å². The Morgan fingerprint density at radius 2 is 1.71 bits per heavy atom. The molecule has 1 aromatic carbocycles. The molecule has 4 nitrogen and oxygen atoms in total. The first-order valence-electron chi connectivity index (χ1n) is 7.83. The van der Waals surface area contributed by atoms with Gasteiger partial charge in [-0.15, -0.1) is 11.3 Å². The molecule has 0 bridgehead atoms. The quantitative estimate of drug-likeness (QED) is 0.852. The first kappa shape index (κ1) is 17.7. The number of para-hydroxylation sites is 1.